The van der Waals surface area contributed by atoms with Gasteiger partial charge in [0.2, 0.25) is 5.91 Å². The van der Waals surface area contributed by atoms with Gasteiger partial charge in [-0.2, -0.15) is 0 Å². The van der Waals surface area contributed by atoms with Gasteiger partial charge in [0, 0.05) is 38.0 Å². The van der Waals surface area contributed by atoms with Crippen LogP contribution in [-0.2, 0) is 38.1 Å². The molecule has 0 aromatic rings. The van der Waals surface area contributed by atoms with Crippen molar-refractivity contribution in [1.29, 1.82) is 0 Å². The minimum absolute atomic E-state index is 0.124. The van der Waals surface area contributed by atoms with Crippen molar-refractivity contribution in [1.82, 2.24) is 5.32 Å². The molecule has 21 heteroatoms. The molecule has 0 aromatic carbocycles. The third kappa shape index (κ3) is 21.1. The molecule has 0 radical (unpaired) electrons. The third-order valence-electron chi connectivity index (χ3n) is 11.8. The van der Waals surface area contributed by atoms with Gasteiger partial charge in [0.25, 0.3) is 0 Å². The van der Waals surface area contributed by atoms with Crippen LogP contribution in [-0.4, -0.2) is 180 Å². The largest absolute Gasteiger partial charge is 0.466 e. The summed E-state index contributed by atoms with van der Waals surface area (Å²) in [5.41, 5.74) is 11.8. The Morgan fingerprint density at radius 3 is 1.93 bits per heavy atom. The highest BCUT2D eigenvalue weighted by atomic mass is 16.7. The standard InChI is InChI=1S/C48H75N3O18/c1-28-16-14-12-10-8-6-4-5-7-9-11-13-15-17-33(68-47-43(61)42(49)38(59)27-66-47)24-39-41(45(62)51-44(50)46(63)65-3)37(58)26-48(64,69-39)25-32(54)22-36(57)34(55)19-18-30(52)21-31(53)23-40(60)67-29(2)20-35(28)56/h4-17,28-39,41-44,47,52-59,61,64H,18-27,49-50H2,1-3H3,(H,51,62)/b5-4+,8-6+,9-7+,12-10+,13-11+,16-14+,17-15+/t28-,29-,30?,31+,32?,33?,34?,35-,36?,37-,38+,39-,41?,42-,43-,44+,47-,48?/m0/s1. The van der Waals surface area contributed by atoms with Crippen molar-refractivity contribution in [2.45, 2.75) is 169 Å². The first-order valence-electron chi connectivity index (χ1n) is 23.2. The van der Waals surface area contributed by atoms with Gasteiger partial charge >= 0.3 is 11.9 Å². The van der Waals surface area contributed by atoms with Crippen molar-refractivity contribution in [2.24, 2.45) is 23.3 Å². The summed E-state index contributed by atoms with van der Waals surface area (Å²) in [5, 5.41) is 111. The van der Waals surface area contributed by atoms with E-state index in [1.165, 1.54) is 6.08 Å². The summed E-state index contributed by atoms with van der Waals surface area (Å²) in [6.45, 7) is 3.14. The van der Waals surface area contributed by atoms with E-state index >= 15 is 0 Å². The lowest BCUT2D eigenvalue weighted by atomic mass is 9.82. The molecule has 390 valence electrons. The van der Waals surface area contributed by atoms with Gasteiger partial charge in [0.15, 0.2) is 18.2 Å². The van der Waals surface area contributed by atoms with E-state index in [1.807, 2.05) is 6.92 Å². The molecule has 15 N–H and O–H groups in total. The van der Waals surface area contributed by atoms with E-state index in [2.05, 4.69) is 10.1 Å². The molecular weight excluding hydrogens is 907 g/mol. The Bertz CT molecular complexity index is 1790. The number of allylic oxidation sites excluding steroid dienone is 12. The van der Waals surface area contributed by atoms with Crippen molar-refractivity contribution >= 4 is 17.8 Å². The van der Waals surface area contributed by atoms with Gasteiger partial charge in [-0.1, -0.05) is 92.0 Å². The zero-order chi connectivity index (χ0) is 51.3. The number of methoxy groups -OCH3 is 1. The molecule has 21 nitrogen and oxygen atoms in total. The highest BCUT2D eigenvalue weighted by Crippen LogP contribution is 2.38. The molecule has 2 fully saturated rings. The Morgan fingerprint density at radius 1 is 0.725 bits per heavy atom. The highest BCUT2D eigenvalue weighted by Gasteiger charge is 2.51. The van der Waals surface area contributed by atoms with E-state index in [1.54, 1.807) is 85.9 Å². The van der Waals surface area contributed by atoms with E-state index in [0.29, 0.717) is 0 Å². The SMILES string of the molecule is COC(=O)[C@H](N)NC(=O)C1[C@@H]2CC(O[C@@H]3OC[C@@H](O)[C@H](N)[C@@H]3O)/C=C/C=C/C=C/C=C/C=C/C=C/C=C/[C@H](C)[C@@H](O)C[C@H](C)OC(=O)C[C@H](O)CC(O)CCC(O)C(O)CC(O)CC(O)(C[C@@H]1O)O2. The normalized spacial score (nSPS) is 41.7. The molecule has 0 aromatic heterocycles. The number of cyclic esters (lactones) is 1. The van der Waals surface area contributed by atoms with Crippen LogP contribution in [0.2, 0.25) is 0 Å². The number of aliphatic hydroxyl groups excluding tert-OH is 9. The molecule has 3 aliphatic heterocycles. The first-order chi connectivity index (χ1) is 32.6. The van der Waals surface area contributed by atoms with Crippen LogP contribution in [0.5, 0.6) is 0 Å². The van der Waals surface area contributed by atoms with E-state index < -0.39 is 147 Å². The maximum Gasteiger partial charge on any atom is 0.343 e. The van der Waals surface area contributed by atoms with E-state index in [9.17, 15) is 65.4 Å². The average molecular weight is 982 g/mol. The fourth-order valence-corrected chi connectivity index (χ4v) is 7.95. The number of fused-ring (bicyclic) bond motifs is 2. The number of carbonyl (C=O) groups excluding carboxylic acids is 3. The zero-order valence-electron chi connectivity index (χ0n) is 39.4. The second-order valence-corrected chi connectivity index (χ2v) is 17.9. The lowest BCUT2D eigenvalue weighted by Crippen LogP contribution is -2.61. The number of hydrogen-bond donors (Lipinski definition) is 13. The molecule has 3 heterocycles. The fraction of sp³-hybridized carbons (Fsp3) is 0.646. The quantitative estimate of drug-likeness (QED) is 0.111. The summed E-state index contributed by atoms with van der Waals surface area (Å²) < 4.78 is 27.7. The topological polar surface area (TPSA) is 364 Å². The van der Waals surface area contributed by atoms with Crippen molar-refractivity contribution in [3.63, 3.8) is 0 Å². The van der Waals surface area contributed by atoms with Crippen molar-refractivity contribution < 1.29 is 89.1 Å². The molecule has 3 rings (SSSR count). The monoisotopic (exact) mass is 982 g/mol. The smallest absolute Gasteiger partial charge is 0.343 e. The summed E-state index contributed by atoms with van der Waals surface area (Å²) in [7, 11) is 1.05. The van der Waals surface area contributed by atoms with Crippen LogP contribution in [0.15, 0.2) is 85.1 Å². The maximum atomic E-state index is 13.7. The van der Waals surface area contributed by atoms with Crippen LogP contribution < -0.4 is 16.8 Å². The summed E-state index contributed by atoms with van der Waals surface area (Å²) >= 11 is 0. The minimum atomic E-state index is -2.38. The summed E-state index contributed by atoms with van der Waals surface area (Å²) in [6.07, 6.45) is 2.23. The lowest BCUT2D eigenvalue weighted by molar-refractivity contribution is -0.304. The fourth-order valence-electron chi connectivity index (χ4n) is 7.95. The van der Waals surface area contributed by atoms with Gasteiger partial charge in [0.1, 0.15) is 12.2 Å². The number of amides is 1. The van der Waals surface area contributed by atoms with Gasteiger partial charge in [-0.05, 0) is 26.2 Å². The number of hydrogen-bond acceptors (Lipinski definition) is 20. The predicted molar refractivity (Wildman–Crippen MR) is 248 cm³/mol. The lowest BCUT2D eigenvalue weighted by Gasteiger charge is -2.45. The average Bonchev–Trinajstić information content (AvgIpc) is 3.26. The van der Waals surface area contributed by atoms with Crippen LogP contribution in [0.25, 0.3) is 0 Å². The summed E-state index contributed by atoms with van der Waals surface area (Å²) in [5.74, 6) is -6.91. The molecule has 69 heavy (non-hydrogen) atoms. The van der Waals surface area contributed by atoms with Crippen LogP contribution in [0.1, 0.15) is 71.6 Å². The molecule has 0 spiro atoms. The summed E-state index contributed by atoms with van der Waals surface area (Å²) in [6, 6.07) is -1.16. The molecule has 2 bridgehead atoms. The van der Waals surface area contributed by atoms with Crippen molar-refractivity contribution in [2.75, 3.05) is 13.7 Å². The van der Waals surface area contributed by atoms with Crippen molar-refractivity contribution in [3.05, 3.63) is 85.1 Å². The molecular formula is C48H75N3O18. The maximum absolute atomic E-state index is 13.7. The molecule has 18 atom stereocenters. The first kappa shape index (κ1) is 59.3. The Morgan fingerprint density at radius 2 is 1.32 bits per heavy atom. The van der Waals surface area contributed by atoms with Crippen LogP contribution in [0, 0.1) is 11.8 Å². The van der Waals surface area contributed by atoms with Gasteiger partial charge in [0.05, 0.1) is 93.1 Å². The number of ether oxygens (including phenoxy) is 5. The highest BCUT2D eigenvalue weighted by molar-refractivity contribution is 5.86. The Hall–Kier alpha value is -4.01. The van der Waals surface area contributed by atoms with E-state index in [0.717, 1.165) is 7.11 Å². The molecule has 1 amide bonds. The second-order valence-electron chi connectivity index (χ2n) is 17.9. The molecule has 2 saturated heterocycles. The van der Waals surface area contributed by atoms with Gasteiger partial charge in [-0.3, -0.25) is 9.59 Å². The Labute approximate surface area is 402 Å². The van der Waals surface area contributed by atoms with Crippen molar-refractivity contribution in [3.8, 4) is 0 Å². The number of esters is 2. The first-order valence-corrected chi connectivity index (χ1v) is 23.2. The molecule has 3 aliphatic rings. The third-order valence-corrected chi connectivity index (χ3v) is 11.8. The molecule has 7 unspecified atom stereocenters. The number of rotatable bonds is 5. The number of nitrogens with one attached hydrogen (secondary N) is 1. The summed E-state index contributed by atoms with van der Waals surface area (Å²) in [4.78, 5) is 38.3. The van der Waals surface area contributed by atoms with Crippen LogP contribution in [0.4, 0.5) is 0 Å². The van der Waals surface area contributed by atoms with Crippen LogP contribution in [0.3, 0.4) is 0 Å². The number of nitrogens with two attached hydrogens (primary N) is 2. The Kier molecular flexibility index (Phi) is 25.8. The van der Waals surface area contributed by atoms with E-state index in [-0.39, 0.29) is 44.6 Å². The Balaban J connectivity index is 1.92. The van der Waals surface area contributed by atoms with Gasteiger partial charge in [-0.15, -0.1) is 0 Å². The number of carbonyl (C=O) groups is 3. The zero-order valence-corrected chi connectivity index (χ0v) is 39.4. The number of aliphatic hydroxyl groups is 10. The van der Waals surface area contributed by atoms with Crippen LogP contribution >= 0.6 is 0 Å². The minimum Gasteiger partial charge on any atom is -0.466 e. The molecule has 0 saturated carbocycles. The molecule has 0 aliphatic carbocycles. The predicted octanol–water partition coefficient (Wildman–Crippen LogP) is -1.43. The second kappa shape index (κ2) is 30.0. The van der Waals surface area contributed by atoms with Gasteiger partial charge in [-0.25, -0.2) is 4.79 Å². The van der Waals surface area contributed by atoms with Gasteiger partial charge < -0.3 is 91.5 Å². The van der Waals surface area contributed by atoms with E-state index in [4.69, 9.17) is 30.4 Å².